The first-order chi connectivity index (χ1) is 19.7. The van der Waals surface area contributed by atoms with Crippen molar-refractivity contribution in [3.05, 3.63) is 177 Å². The van der Waals surface area contributed by atoms with Crippen LogP contribution in [0.4, 0.5) is 0 Å². The molecule has 0 unspecified atom stereocenters. The molecule has 0 nitrogen and oxygen atoms in total. The minimum absolute atomic E-state index is 1.20. The van der Waals surface area contributed by atoms with Crippen LogP contribution in [0.1, 0.15) is 55.6 Å². The fourth-order valence-electron chi connectivity index (χ4n) is 6.61. The second-order valence-corrected chi connectivity index (χ2v) is 34.7. The third-order valence-electron chi connectivity index (χ3n) is 8.75. The quantitative estimate of drug-likeness (QED) is 0.136. The van der Waals surface area contributed by atoms with E-state index < -0.39 is 15.8 Å². The maximum atomic E-state index is 2.41. The summed E-state index contributed by atoms with van der Waals surface area (Å²) < 4.78 is 6.02. The molecule has 0 amide bonds. The predicted octanol–water partition coefficient (Wildman–Crippen LogP) is 10.2. The van der Waals surface area contributed by atoms with Gasteiger partial charge in [0, 0.05) is 0 Å². The van der Waals surface area contributed by atoms with Crippen LogP contribution < -0.4 is 0 Å². The van der Waals surface area contributed by atoms with Crippen LogP contribution in [0.15, 0.2) is 121 Å². The van der Waals surface area contributed by atoms with Gasteiger partial charge in [0.1, 0.15) is 0 Å². The molecule has 0 aliphatic carbocycles. The zero-order chi connectivity index (χ0) is 28.9. The third-order valence-corrected chi connectivity index (χ3v) is 31.4. The van der Waals surface area contributed by atoms with E-state index in [0.717, 1.165) is 0 Å². The first-order valence-corrected chi connectivity index (χ1v) is 26.3. The fourth-order valence-corrected chi connectivity index (χ4v) is 33.0. The van der Waals surface area contributed by atoms with Crippen LogP contribution in [0.25, 0.3) is 0 Å². The van der Waals surface area contributed by atoms with Crippen molar-refractivity contribution in [2.45, 2.75) is 57.8 Å². The Morgan fingerprint density at radius 1 is 0.268 bits per heavy atom. The van der Waals surface area contributed by atoms with Gasteiger partial charge in [0.15, 0.2) is 0 Å². The average molecular weight is 707 g/mol. The Kier molecular flexibility index (Phi) is 8.85. The molecule has 0 spiro atoms. The van der Waals surface area contributed by atoms with E-state index in [1.165, 1.54) is 78.8 Å². The van der Waals surface area contributed by atoms with E-state index in [1.807, 2.05) is 0 Å². The van der Waals surface area contributed by atoms with Gasteiger partial charge in [-0.1, -0.05) is 0 Å². The molecule has 0 saturated carbocycles. The van der Waals surface area contributed by atoms with Crippen LogP contribution in [0.3, 0.4) is 0 Å². The summed E-state index contributed by atoms with van der Waals surface area (Å²) in [6.45, 7) is 11.0. The van der Waals surface area contributed by atoms with Gasteiger partial charge in [-0.3, -0.25) is 0 Å². The van der Waals surface area contributed by atoms with Crippen molar-refractivity contribution in [2.75, 3.05) is 0 Å². The van der Waals surface area contributed by atoms with E-state index in [2.05, 4.69) is 156 Å². The minimum atomic E-state index is -4.02. The molecule has 0 bridgehead atoms. The van der Waals surface area contributed by atoms with Crippen LogP contribution >= 0.6 is 0 Å². The summed E-state index contributed by atoms with van der Waals surface area (Å²) in [6, 6.07) is 47.3. The van der Waals surface area contributed by atoms with Gasteiger partial charge in [0.05, 0.1) is 0 Å². The molecule has 41 heavy (non-hydrogen) atoms. The Bertz CT molecular complexity index is 1260. The van der Waals surface area contributed by atoms with Crippen molar-refractivity contribution in [1.82, 2.24) is 0 Å². The summed E-state index contributed by atoms with van der Waals surface area (Å²) in [5, 5.41) is 0. The molecule has 0 atom stereocenters. The van der Waals surface area contributed by atoms with E-state index in [9.17, 15) is 0 Å². The maximum absolute atomic E-state index is 4.02. The Hall–Kier alpha value is -3.16. The molecule has 5 rings (SSSR count). The van der Waals surface area contributed by atoms with Gasteiger partial charge < -0.3 is 0 Å². The third kappa shape index (κ3) is 7.57. The Balaban J connectivity index is 1.78. The van der Waals surface area contributed by atoms with Crippen molar-refractivity contribution >= 4 is 0 Å². The van der Waals surface area contributed by atoms with Crippen LogP contribution in [0.5, 0.6) is 0 Å². The van der Waals surface area contributed by atoms with Gasteiger partial charge in [-0.15, -0.1) is 0 Å². The summed E-state index contributed by atoms with van der Waals surface area (Å²) in [6.07, 6.45) is 0. The van der Waals surface area contributed by atoms with Crippen LogP contribution in [-0.4, -0.2) is 0 Å². The molecule has 0 radical (unpaired) electrons. The Labute approximate surface area is 249 Å². The zero-order valence-corrected chi connectivity index (χ0v) is 28.7. The zero-order valence-electron chi connectivity index (χ0n) is 25.5. The Morgan fingerprint density at radius 2 is 0.415 bits per heavy atom. The predicted molar refractivity (Wildman–Crippen MR) is 174 cm³/mol. The van der Waals surface area contributed by atoms with Crippen LogP contribution in [-0.2, 0) is 39.0 Å². The van der Waals surface area contributed by atoms with Crippen LogP contribution in [0.2, 0.25) is 0 Å². The first-order valence-electron chi connectivity index (χ1n) is 15.0. The van der Waals surface area contributed by atoms with E-state index in [-0.39, 0.29) is 0 Å². The van der Waals surface area contributed by atoms with Crippen LogP contribution in [0, 0.1) is 34.6 Å². The van der Waals surface area contributed by atoms with E-state index in [1.54, 1.807) is 0 Å². The van der Waals surface area contributed by atoms with E-state index >= 15 is 0 Å². The molecule has 1 heteroatoms. The molecular weight excluding hydrogens is 661 g/mol. The molecule has 5 aromatic carbocycles. The van der Waals surface area contributed by atoms with Crippen molar-refractivity contribution < 1.29 is 15.8 Å². The summed E-state index contributed by atoms with van der Waals surface area (Å²) in [4.78, 5) is 0. The van der Waals surface area contributed by atoms with Crippen molar-refractivity contribution in [3.63, 3.8) is 0 Å². The number of aryl methyl sites for hydroxylation is 5. The molecule has 0 fully saturated rings. The molecule has 0 heterocycles. The normalized spacial score (nSPS) is 12.6. The topological polar surface area (TPSA) is 0 Å². The fraction of sp³-hybridized carbons (Fsp3) is 0.250. The number of benzene rings is 5. The standard InChI is InChI=1S/5C8H9.Ta/c5*1-7-3-5-8(2)6-4-7;/h5*3-6H,1H2,2H3;. The van der Waals surface area contributed by atoms with Crippen molar-refractivity contribution in [1.29, 1.82) is 0 Å². The molecule has 5 aromatic rings. The SMILES string of the molecule is Cc1ccc([CH2][Ta]([CH2]c2ccc(C)cc2)([CH2]c2ccc(C)cc2)([CH2]c2ccc(C)cc2)[CH2]c2ccc(C)cc2)cc1. The number of rotatable bonds is 10. The average Bonchev–Trinajstić information content (AvgIpc) is 2.96. The number of hydrogen-bond acceptors (Lipinski definition) is 0. The molecule has 0 N–H and O–H groups in total. The van der Waals surface area contributed by atoms with Gasteiger partial charge in [-0.05, 0) is 0 Å². The molecule has 210 valence electrons. The van der Waals surface area contributed by atoms with Crippen molar-refractivity contribution in [3.8, 4) is 0 Å². The molecule has 0 aliphatic rings. The van der Waals surface area contributed by atoms with Gasteiger partial charge >= 0.3 is 251 Å². The Morgan fingerprint density at radius 3 is 0.561 bits per heavy atom. The van der Waals surface area contributed by atoms with Gasteiger partial charge in [-0.25, -0.2) is 0 Å². The summed E-state index contributed by atoms with van der Waals surface area (Å²) in [5.74, 6) is 0. The molecule has 0 aliphatic heterocycles. The second kappa shape index (κ2) is 12.4. The first kappa shape index (κ1) is 29.3. The number of hydrogen-bond donors (Lipinski definition) is 0. The molecular formula is C40H45Ta. The second-order valence-electron chi connectivity index (χ2n) is 13.0. The summed E-state index contributed by atoms with van der Waals surface area (Å²) in [5.41, 5.74) is 14.2. The van der Waals surface area contributed by atoms with E-state index in [4.69, 9.17) is 0 Å². The summed E-state index contributed by atoms with van der Waals surface area (Å²) in [7, 11) is 0. The van der Waals surface area contributed by atoms with Gasteiger partial charge in [0.2, 0.25) is 0 Å². The van der Waals surface area contributed by atoms with Crippen molar-refractivity contribution in [2.24, 2.45) is 0 Å². The van der Waals surface area contributed by atoms with Gasteiger partial charge in [-0.2, -0.15) is 0 Å². The summed E-state index contributed by atoms with van der Waals surface area (Å²) >= 11 is -4.02. The van der Waals surface area contributed by atoms with Gasteiger partial charge in [0.25, 0.3) is 0 Å². The van der Waals surface area contributed by atoms with E-state index in [0.29, 0.717) is 0 Å². The molecule has 0 saturated heterocycles. The molecule has 0 aromatic heterocycles. The monoisotopic (exact) mass is 706 g/mol.